The van der Waals surface area contributed by atoms with Crippen LogP contribution < -0.4 is 5.32 Å². The predicted octanol–water partition coefficient (Wildman–Crippen LogP) is 2.09. The van der Waals surface area contributed by atoms with Gasteiger partial charge in [0.25, 0.3) is 0 Å². The molecule has 2 fully saturated rings. The van der Waals surface area contributed by atoms with Gasteiger partial charge in [0, 0.05) is 0 Å². The fourth-order valence-electron chi connectivity index (χ4n) is 3.42. The third kappa shape index (κ3) is 2.86. The van der Waals surface area contributed by atoms with E-state index in [0.29, 0.717) is 11.5 Å². The Kier molecular flexibility index (Phi) is 3.76. The Bertz CT molecular complexity index is 477. The summed E-state index contributed by atoms with van der Waals surface area (Å²) in [7, 11) is 0. The lowest BCUT2D eigenvalue weighted by Gasteiger charge is -2.33. The van der Waals surface area contributed by atoms with Crippen molar-refractivity contribution in [1.29, 1.82) is 0 Å². The van der Waals surface area contributed by atoms with E-state index in [4.69, 9.17) is 9.84 Å². The van der Waals surface area contributed by atoms with Crippen LogP contribution in [0.1, 0.15) is 35.2 Å². The summed E-state index contributed by atoms with van der Waals surface area (Å²) in [4.78, 5) is 10.8. The number of hydrogen-bond donors (Lipinski definition) is 2. The Labute approximate surface area is 119 Å². The molecule has 0 radical (unpaired) electrons. The number of carboxylic acids is 1. The zero-order valence-electron chi connectivity index (χ0n) is 11.6. The van der Waals surface area contributed by atoms with E-state index in [1.807, 2.05) is 12.1 Å². The quantitative estimate of drug-likeness (QED) is 0.887. The molecule has 1 unspecified atom stereocenters. The Morgan fingerprint density at radius 1 is 1.30 bits per heavy atom. The van der Waals surface area contributed by atoms with Crippen LogP contribution >= 0.6 is 0 Å². The Hall–Kier alpha value is -1.39. The lowest BCUT2D eigenvalue weighted by atomic mass is 9.84. The van der Waals surface area contributed by atoms with Crippen molar-refractivity contribution in [2.45, 2.75) is 31.3 Å². The van der Waals surface area contributed by atoms with E-state index < -0.39 is 5.97 Å². The summed E-state index contributed by atoms with van der Waals surface area (Å²) in [5.41, 5.74) is 1.66. The third-order valence-corrected chi connectivity index (χ3v) is 4.53. The average molecular weight is 275 g/mol. The minimum Gasteiger partial charge on any atom is -0.478 e. The normalized spacial score (nSPS) is 24.9. The molecule has 2 saturated heterocycles. The van der Waals surface area contributed by atoms with Gasteiger partial charge in [-0.1, -0.05) is 12.1 Å². The second-order valence-corrected chi connectivity index (χ2v) is 6.02. The lowest BCUT2D eigenvalue weighted by Crippen LogP contribution is -2.41. The van der Waals surface area contributed by atoms with Gasteiger partial charge in [-0.25, -0.2) is 4.79 Å². The van der Waals surface area contributed by atoms with Gasteiger partial charge in [0.05, 0.1) is 17.8 Å². The molecule has 4 heteroatoms. The van der Waals surface area contributed by atoms with Crippen molar-refractivity contribution < 1.29 is 14.6 Å². The molecule has 0 saturated carbocycles. The van der Waals surface area contributed by atoms with Gasteiger partial charge < -0.3 is 15.2 Å². The molecular formula is C16H21NO3. The number of carbonyl (C=O) groups is 1. The number of piperidine rings is 1. The molecule has 0 bridgehead atoms. The summed E-state index contributed by atoms with van der Waals surface area (Å²) < 4.78 is 6.09. The molecule has 2 aliphatic heterocycles. The Balaban J connectivity index is 1.60. The summed E-state index contributed by atoms with van der Waals surface area (Å²) in [5.74, 6) is -0.307. The van der Waals surface area contributed by atoms with E-state index in [-0.39, 0.29) is 5.60 Å². The monoisotopic (exact) mass is 275 g/mol. The van der Waals surface area contributed by atoms with Crippen molar-refractivity contribution in [2.24, 2.45) is 5.92 Å². The van der Waals surface area contributed by atoms with Crippen molar-refractivity contribution in [3.8, 4) is 0 Å². The molecule has 1 spiro atoms. The molecule has 1 aromatic rings. The summed E-state index contributed by atoms with van der Waals surface area (Å²) in [6.07, 6.45) is 4.34. The highest BCUT2D eigenvalue weighted by atomic mass is 16.5. The standard InChI is InChI=1S/C16H21NO3/c18-15(19)14-3-1-12(2-4-14)9-13-10-16(20-11-13)5-7-17-8-6-16/h1-4,13,17H,5-11H2,(H,18,19). The maximum absolute atomic E-state index is 10.8. The highest BCUT2D eigenvalue weighted by Gasteiger charge is 2.40. The van der Waals surface area contributed by atoms with E-state index >= 15 is 0 Å². The molecule has 2 aliphatic rings. The highest BCUT2D eigenvalue weighted by molar-refractivity contribution is 5.87. The average Bonchev–Trinajstić information content (AvgIpc) is 2.83. The summed E-state index contributed by atoms with van der Waals surface area (Å²) in [5, 5.41) is 12.3. The number of aromatic carboxylic acids is 1. The molecular weight excluding hydrogens is 254 g/mol. The molecule has 0 aliphatic carbocycles. The van der Waals surface area contributed by atoms with Gasteiger partial charge in [-0.15, -0.1) is 0 Å². The molecule has 3 rings (SSSR count). The first-order chi connectivity index (χ1) is 9.67. The number of hydrogen-bond acceptors (Lipinski definition) is 3. The molecule has 2 N–H and O–H groups in total. The molecule has 4 nitrogen and oxygen atoms in total. The minimum atomic E-state index is -0.866. The van der Waals surface area contributed by atoms with Crippen LogP contribution in [0.4, 0.5) is 0 Å². The summed E-state index contributed by atoms with van der Waals surface area (Å²) >= 11 is 0. The van der Waals surface area contributed by atoms with E-state index in [9.17, 15) is 4.79 Å². The van der Waals surface area contributed by atoms with Gasteiger partial charge in [0.15, 0.2) is 0 Å². The SMILES string of the molecule is O=C(O)c1ccc(CC2COC3(CCNCC3)C2)cc1. The first kappa shape index (κ1) is 13.6. The van der Waals surface area contributed by atoms with Crippen LogP contribution in [0, 0.1) is 5.92 Å². The number of nitrogens with one attached hydrogen (secondary N) is 1. The van der Waals surface area contributed by atoms with Gasteiger partial charge in [-0.2, -0.15) is 0 Å². The largest absolute Gasteiger partial charge is 0.478 e. The van der Waals surface area contributed by atoms with Crippen LogP contribution in [0.2, 0.25) is 0 Å². The molecule has 1 aromatic carbocycles. The molecule has 2 heterocycles. The molecule has 1 atom stereocenters. The van der Waals surface area contributed by atoms with Crippen LogP contribution in [0.5, 0.6) is 0 Å². The number of benzene rings is 1. The van der Waals surface area contributed by atoms with Crippen molar-refractivity contribution in [3.63, 3.8) is 0 Å². The van der Waals surface area contributed by atoms with Crippen molar-refractivity contribution >= 4 is 5.97 Å². The van der Waals surface area contributed by atoms with E-state index in [1.54, 1.807) is 12.1 Å². The Morgan fingerprint density at radius 3 is 2.65 bits per heavy atom. The van der Waals surface area contributed by atoms with Crippen LogP contribution in [-0.2, 0) is 11.2 Å². The molecule has 0 aromatic heterocycles. The number of rotatable bonds is 3. The van der Waals surface area contributed by atoms with Gasteiger partial charge in [-0.3, -0.25) is 0 Å². The van der Waals surface area contributed by atoms with Crippen LogP contribution in [0.25, 0.3) is 0 Å². The summed E-state index contributed by atoms with van der Waals surface area (Å²) in [6, 6.07) is 7.23. The maximum atomic E-state index is 10.8. The van der Waals surface area contributed by atoms with Crippen molar-refractivity contribution in [1.82, 2.24) is 5.32 Å². The third-order valence-electron chi connectivity index (χ3n) is 4.53. The topological polar surface area (TPSA) is 58.6 Å². The van der Waals surface area contributed by atoms with Gasteiger partial charge in [0.2, 0.25) is 0 Å². The first-order valence-electron chi connectivity index (χ1n) is 7.34. The minimum absolute atomic E-state index is 0.108. The fraction of sp³-hybridized carbons (Fsp3) is 0.562. The van der Waals surface area contributed by atoms with Crippen LogP contribution in [0.15, 0.2) is 24.3 Å². The second-order valence-electron chi connectivity index (χ2n) is 6.02. The van der Waals surface area contributed by atoms with Crippen LogP contribution in [-0.4, -0.2) is 36.4 Å². The summed E-state index contributed by atoms with van der Waals surface area (Å²) in [6.45, 7) is 2.95. The number of carboxylic acid groups (broad SMARTS) is 1. The van der Waals surface area contributed by atoms with Gasteiger partial charge in [-0.05, 0) is 62.4 Å². The van der Waals surface area contributed by atoms with Crippen molar-refractivity contribution in [2.75, 3.05) is 19.7 Å². The van der Waals surface area contributed by atoms with Crippen LogP contribution in [0.3, 0.4) is 0 Å². The Morgan fingerprint density at radius 2 is 2.00 bits per heavy atom. The fourth-order valence-corrected chi connectivity index (χ4v) is 3.42. The maximum Gasteiger partial charge on any atom is 0.335 e. The molecule has 20 heavy (non-hydrogen) atoms. The van der Waals surface area contributed by atoms with Gasteiger partial charge in [0.1, 0.15) is 0 Å². The molecule has 0 amide bonds. The lowest BCUT2D eigenvalue weighted by molar-refractivity contribution is -0.0196. The van der Waals surface area contributed by atoms with E-state index in [1.165, 1.54) is 5.56 Å². The highest BCUT2D eigenvalue weighted by Crippen LogP contribution is 2.38. The van der Waals surface area contributed by atoms with E-state index in [2.05, 4.69) is 5.32 Å². The number of ether oxygens (including phenoxy) is 1. The molecule has 108 valence electrons. The van der Waals surface area contributed by atoms with Crippen molar-refractivity contribution in [3.05, 3.63) is 35.4 Å². The second kappa shape index (κ2) is 5.54. The smallest absolute Gasteiger partial charge is 0.335 e. The van der Waals surface area contributed by atoms with E-state index in [0.717, 1.165) is 45.4 Å². The zero-order chi connectivity index (χ0) is 14.0. The predicted molar refractivity (Wildman–Crippen MR) is 76.0 cm³/mol. The first-order valence-corrected chi connectivity index (χ1v) is 7.34. The zero-order valence-corrected chi connectivity index (χ0v) is 11.6. The van der Waals surface area contributed by atoms with Gasteiger partial charge >= 0.3 is 5.97 Å².